The van der Waals surface area contributed by atoms with Gasteiger partial charge in [-0.15, -0.1) is 0 Å². The third kappa shape index (κ3) is 4.19. The SMILES string of the molecule is COc1cc(CN2CCC[C@@H](c3nn(C)c4nccnc34)C2)ccc1OC(C)C. The van der Waals surface area contributed by atoms with Gasteiger partial charge in [0.1, 0.15) is 5.52 Å². The summed E-state index contributed by atoms with van der Waals surface area (Å²) in [7, 11) is 3.63. The number of piperidine rings is 1. The molecule has 1 aliphatic rings. The molecule has 0 radical (unpaired) electrons. The van der Waals surface area contributed by atoms with Crippen LogP contribution in [0.2, 0.25) is 0 Å². The number of methoxy groups -OCH3 is 1. The molecular formula is C22H29N5O2. The first-order chi connectivity index (χ1) is 14.0. The van der Waals surface area contributed by atoms with E-state index >= 15 is 0 Å². The molecule has 0 amide bonds. The zero-order chi connectivity index (χ0) is 20.4. The van der Waals surface area contributed by atoms with E-state index in [0.29, 0.717) is 5.92 Å². The third-order valence-corrected chi connectivity index (χ3v) is 5.37. The van der Waals surface area contributed by atoms with Gasteiger partial charge in [0.25, 0.3) is 0 Å². The van der Waals surface area contributed by atoms with E-state index in [1.54, 1.807) is 19.5 Å². The van der Waals surface area contributed by atoms with Crippen LogP contribution in [0.4, 0.5) is 0 Å². The van der Waals surface area contributed by atoms with E-state index in [9.17, 15) is 0 Å². The Morgan fingerprint density at radius 1 is 1.17 bits per heavy atom. The maximum atomic E-state index is 5.84. The zero-order valence-corrected chi connectivity index (χ0v) is 17.6. The molecule has 3 aromatic rings. The summed E-state index contributed by atoms with van der Waals surface area (Å²) in [5.74, 6) is 1.95. The lowest BCUT2D eigenvalue weighted by molar-refractivity contribution is 0.198. The summed E-state index contributed by atoms with van der Waals surface area (Å²) < 4.78 is 13.2. The van der Waals surface area contributed by atoms with E-state index in [4.69, 9.17) is 14.6 Å². The van der Waals surface area contributed by atoms with Gasteiger partial charge in [-0.05, 0) is 50.9 Å². The first-order valence-corrected chi connectivity index (χ1v) is 10.2. The van der Waals surface area contributed by atoms with E-state index in [2.05, 4.69) is 27.0 Å². The summed E-state index contributed by atoms with van der Waals surface area (Å²) in [5.41, 5.74) is 4.08. The minimum atomic E-state index is 0.119. The number of fused-ring (bicyclic) bond motifs is 1. The Kier molecular flexibility index (Phi) is 5.67. The first-order valence-electron chi connectivity index (χ1n) is 10.2. The fourth-order valence-corrected chi connectivity index (χ4v) is 4.12. The Hall–Kier alpha value is -2.67. The smallest absolute Gasteiger partial charge is 0.176 e. The molecule has 0 bridgehead atoms. The van der Waals surface area contributed by atoms with Crippen LogP contribution in [0.25, 0.3) is 11.2 Å². The molecule has 0 saturated carbocycles. The second-order valence-corrected chi connectivity index (χ2v) is 7.96. The number of aryl methyl sites for hydroxylation is 1. The molecule has 4 rings (SSSR count). The molecule has 1 saturated heterocycles. The second kappa shape index (κ2) is 8.37. The van der Waals surface area contributed by atoms with Crippen molar-refractivity contribution in [1.29, 1.82) is 0 Å². The van der Waals surface area contributed by atoms with Crippen molar-refractivity contribution in [3.63, 3.8) is 0 Å². The van der Waals surface area contributed by atoms with Gasteiger partial charge < -0.3 is 9.47 Å². The highest BCUT2D eigenvalue weighted by Crippen LogP contribution is 2.32. The van der Waals surface area contributed by atoms with Gasteiger partial charge in [0.05, 0.1) is 18.9 Å². The predicted molar refractivity (Wildman–Crippen MR) is 112 cm³/mol. The number of benzene rings is 1. The van der Waals surface area contributed by atoms with Crippen molar-refractivity contribution >= 4 is 11.2 Å². The average molecular weight is 396 g/mol. The van der Waals surface area contributed by atoms with Crippen LogP contribution in [0.5, 0.6) is 11.5 Å². The Morgan fingerprint density at radius 2 is 2.00 bits per heavy atom. The van der Waals surface area contributed by atoms with Crippen molar-refractivity contribution < 1.29 is 9.47 Å². The monoisotopic (exact) mass is 395 g/mol. The number of aromatic nitrogens is 4. The van der Waals surface area contributed by atoms with Crippen molar-refractivity contribution in [3.8, 4) is 11.5 Å². The lowest BCUT2D eigenvalue weighted by Gasteiger charge is -2.32. The normalized spacial score (nSPS) is 17.8. The number of likely N-dealkylation sites (tertiary alicyclic amines) is 1. The minimum Gasteiger partial charge on any atom is -0.493 e. The topological polar surface area (TPSA) is 65.3 Å². The van der Waals surface area contributed by atoms with Gasteiger partial charge in [0.2, 0.25) is 0 Å². The van der Waals surface area contributed by atoms with Crippen LogP contribution in [-0.4, -0.2) is 51.0 Å². The van der Waals surface area contributed by atoms with Crippen LogP contribution in [-0.2, 0) is 13.6 Å². The number of hydrogen-bond acceptors (Lipinski definition) is 6. The van der Waals surface area contributed by atoms with Gasteiger partial charge in [-0.3, -0.25) is 4.90 Å². The van der Waals surface area contributed by atoms with Crippen LogP contribution in [0.1, 0.15) is 43.9 Å². The van der Waals surface area contributed by atoms with E-state index < -0.39 is 0 Å². The van der Waals surface area contributed by atoms with Crippen molar-refractivity contribution in [2.75, 3.05) is 20.2 Å². The maximum Gasteiger partial charge on any atom is 0.176 e. The van der Waals surface area contributed by atoms with Gasteiger partial charge in [0, 0.05) is 38.4 Å². The fourth-order valence-electron chi connectivity index (χ4n) is 4.12. The number of ether oxygens (including phenoxy) is 2. The summed E-state index contributed by atoms with van der Waals surface area (Å²) >= 11 is 0. The second-order valence-electron chi connectivity index (χ2n) is 7.96. The van der Waals surface area contributed by atoms with Gasteiger partial charge in [-0.1, -0.05) is 6.07 Å². The Bertz CT molecular complexity index is 984. The van der Waals surface area contributed by atoms with E-state index in [1.165, 1.54) is 5.56 Å². The number of rotatable bonds is 6. The van der Waals surface area contributed by atoms with Crippen LogP contribution in [0, 0.1) is 0 Å². The Morgan fingerprint density at radius 3 is 2.79 bits per heavy atom. The largest absolute Gasteiger partial charge is 0.493 e. The quantitative estimate of drug-likeness (QED) is 0.636. The fraction of sp³-hybridized carbons (Fsp3) is 0.500. The molecule has 1 aromatic carbocycles. The lowest BCUT2D eigenvalue weighted by atomic mass is 9.94. The van der Waals surface area contributed by atoms with E-state index in [1.807, 2.05) is 31.6 Å². The molecule has 1 aliphatic heterocycles. The number of hydrogen-bond donors (Lipinski definition) is 0. The summed E-state index contributed by atoms with van der Waals surface area (Å²) in [6, 6.07) is 6.23. The predicted octanol–water partition coefficient (Wildman–Crippen LogP) is 3.54. The molecule has 1 atom stereocenters. The van der Waals surface area contributed by atoms with Crippen molar-refractivity contribution in [2.45, 2.75) is 45.3 Å². The summed E-state index contributed by atoms with van der Waals surface area (Å²) in [4.78, 5) is 11.5. The highest BCUT2D eigenvalue weighted by Gasteiger charge is 2.26. The van der Waals surface area contributed by atoms with Crippen molar-refractivity contribution in [3.05, 3.63) is 41.9 Å². The Labute approximate surface area is 171 Å². The standard InChI is InChI=1S/C22H29N5O2/c1-15(2)29-18-8-7-16(12-19(18)28-4)13-27-11-5-6-17(14-27)20-21-22(26(3)25-20)24-10-9-23-21/h7-10,12,15,17H,5-6,11,13-14H2,1-4H3/t17-/m1/s1. The highest BCUT2D eigenvalue weighted by atomic mass is 16.5. The molecule has 0 spiro atoms. The van der Waals surface area contributed by atoms with Crippen molar-refractivity contribution in [1.82, 2.24) is 24.6 Å². The molecule has 154 valence electrons. The molecule has 0 unspecified atom stereocenters. The van der Waals surface area contributed by atoms with E-state index in [0.717, 1.165) is 60.8 Å². The zero-order valence-electron chi connectivity index (χ0n) is 17.6. The summed E-state index contributed by atoms with van der Waals surface area (Å²) in [6.07, 6.45) is 5.87. The van der Waals surface area contributed by atoms with Gasteiger partial charge in [-0.2, -0.15) is 5.10 Å². The average Bonchev–Trinajstić information content (AvgIpc) is 3.06. The minimum absolute atomic E-state index is 0.119. The van der Waals surface area contributed by atoms with E-state index in [-0.39, 0.29) is 6.10 Å². The van der Waals surface area contributed by atoms with Gasteiger partial charge in [0.15, 0.2) is 17.1 Å². The third-order valence-electron chi connectivity index (χ3n) is 5.37. The molecular weight excluding hydrogens is 366 g/mol. The molecule has 2 aromatic heterocycles. The van der Waals surface area contributed by atoms with Crippen LogP contribution in [0.15, 0.2) is 30.6 Å². The molecule has 29 heavy (non-hydrogen) atoms. The van der Waals surface area contributed by atoms with Gasteiger partial charge >= 0.3 is 0 Å². The Balaban J connectivity index is 1.50. The molecule has 7 nitrogen and oxygen atoms in total. The summed E-state index contributed by atoms with van der Waals surface area (Å²) in [6.45, 7) is 6.97. The number of nitrogens with zero attached hydrogens (tertiary/aromatic N) is 5. The van der Waals surface area contributed by atoms with Crippen LogP contribution >= 0.6 is 0 Å². The van der Waals surface area contributed by atoms with Crippen LogP contribution < -0.4 is 9.47 Å². The summed E-state index contributed by atoms with van der Waals surface area (Å²) in [5, 5.41) is 4.75. The highest BCUT2D eigenvalue weighted by molar-refractivity contribution is 5.73. The van der Waals surface area contributed by atoms with Gasteiger partial charge in [-0.25, -0.2) is 14.6 Å². The molecule has 1 fully saturated rings. The van der Waals surface area contributed by atoms with Crippen molar-refractivity contribution in [2.24, 2.45) is 7.05 Å². The molecule has 7 heteroatoms. The first kappa shape index (κ1) is 19.6. The lowest BCUT2D eigenvalue weighted by Crippen LogP contribution is -2.34. The molecule has 0 N–H and O–H groups in total. The maximum absolute atomic E-state index is 5.84. The molecule has 0 aliphatic carbocycles. The van der Waals surface area contributed by atoms with Crippen LogP contribution in [0.3, 0.4) is 0 Å². The molecule has 3 heterocycles.